The molecular weight excluding hydrogens is 318 g/mol. The third-order valence-electron chi connectivity index (χ3n) is 5.98. The second-order valence-corrected chi connectivity index (χ2v) is 7.81. The Morgan fingerprint density at radius 2 is 1.96 bits per heavy atom. The smallest absolute Gasteiger partial charge is 0.280 e. The van der Waals surface area contributed by atoms with Crippen molar-refractivity contribution in [2.24, 2.45) is 13.0 Å². The molecule has 2 aliphatic rings. The minimum absolute atomic E-state index is 0.0500. The van der Waals surface area contributed by atoms with Gasteiger partial charge in [-0.2, -0.15) is 4.98 Å². The molecule has 0 aromatic carbocycles. The molecule has 4 rings (SSSR count). The molecule has 2 fully saturated rings. The van der Waals surface area contributed by atoms with Crippen LogP contribution in [0.25, 0.3) is 11.2 Å². The van der Waals surface area contributed by atoms with Crippen LogP contribution in [0.3, 0.4) is 0 Å². The van der Waals surface area contributed by atoms with Crippen molar-refractivity contribution in [3.63, 3.8) is 0 Å². The lowest BCUT2D eigenvalue weighted by Crippen LogP contribution is -2.41. The molecular formula is C18H27N5O2. The van der Waals surface area contributed by atoms with E-state index in [2.05, 4.69) is 20.3 Å². The number of nitrogens with one attached hydrogen (secondary N) is 2. The summed E-state index contributed by atoms with van der Waals surface area (Å²) in [7, 11) is 1.72. The maximum atomic E-state index is 12.7. The fraction of sp³-hybridized carbons (Fsp3) is 0.722. The fourth-order valence-electron chi connectivity index (χ4n) is 4.39. The number of aliphatic hydroxyl groups excluding tert-OH is 1. The van der Waals surface area contributed by atoms with Crippen molar-refractivity contribution in [3.05, 3.63) is 16.2 Å². The van der Waals surface area contributed by atoms with Gasteiger partial charge in [0.2, 0.25) is 5.95 Å². The van der Waals surface area contributed by atoms with Gasteiger partial charge in [-0.25, -0.2) is 4.98 Å². The Morgan fingerprint density at radius 3 is 2.64 bits per heavy atom. The number of rotatable bonds is 5. The van der Waals surface area contributed by atoms with Crippen LogP contribution in [0.4, 0.5) is 5.95 Å². The molecule has 0 radical (unpaired) electrons. The first kappa shape index (κ1) is 16.6. The number of aromatic amines is 1. The third kappa shape index (κ3) is 3.05. The van der Waals surface area contributed by atoms with Crippen molar-refractivity contribution in [1.29, 1.82) is 0 Å². The molecule has 2 aliphatic carbocycles. The van der Waals surface area contributed by atoms with E-state index in [4.69, 9.17) is 0 Å². The van der Waals surface area contributed by atoms with E-state index in [1.165, 1.54) is 30.3 Å². The van der Waals surface area contributed by atoms with E-state index in [0.29, 0.717) is 23.0 Å². The van der Waals surface area contributed by atoms with E-state index >= 15 is 0 Å². The molecule has 0 bridgehead atoms. The highest BCUT2D eigenvalue weighted by atomic mass is 16.3. The summed E-state index contributed by atoms with van der Waals surface area (Å²) >= 11 is 0. The summed E-state index contributed by atoms with van der Waals surface area (Å²) in [5.74, 6) is 2.02. The highest BCUT2D eigenvalue weighted by Crippen LogP contribution is 2.32. The number of fused-ring (bicyclic) bond motifs is 1. The Hall–Kier alpha value is -1.89. The van der Waals surface area contributed by atoms with Crippen LogP contribution >= 0.6 is 0 Å². The molecule has 2 aromatic heterocycles. The number of H-pyrrole nitrogens is 1. The minimum atomic E-state index is -0.367. The zero-order valence-corrected chi connectivity index (χ0v) is 14.8. The van der Waals surface area contributed by atoms with Crippen LogP contribution in [0.2, 0.25) is 0 Å². The third-order valence-corrected chi connectivity index (χ3v) is 5.98. The van der Waals surface area contributed by atoms with Crippen LogP contribution in [0.1, 0.15) is 57.2 Å². The van der Waals surface area contributed by atoms with Crippen LogP contribution in [-0.4, -0.2) is 36.8 Å². The van der Waals surface area contributed by atoms with Gasteiger partial charge < -0.3 is 15.4 Å². The first-order chi connectivity index (χ1) is 12.1. The van der Waals surface area contributed by atoms with Crippen LogP contribution < -0.4 is 10.9 Å². The van der Waals surface area contributed by atoms with Gasteiger partial charge in [0, 0.05) is 13.5 Å². The number of nitrogens with zero attached hydrogens (tertiary/aromatic N) is 3. The first-order valence-corrected chi connectivity index (χ1v) is 9.45. The topological polar surface area (TPSA) is 95.8 Å². The Balaban J connectivity index is 1.66. The summed E-state index contributed by atoms with van der Waals surface area (Å²) in [4.78, 5) is 25.1. The number of hydrogen-bond acceptors (Lipinski definition) is 5. The quantitative estimate of drug-likeness (QED) is 0.771. The molecule has 3 N–H and O–H groups in total. The van der Waals surface area contributed by atoms with Gasteiger partial charge >= 0.3 is 0 Å². The molecule has 2 heterocycles. The van der Waals surface area contributed by atoms with Gasteiger partial charge in [-0.3, -0.25) is 9.36 Å². The van der Waals surface area contributed by atoms with Gasteiger partial charge in [-0.15, -0.1) is 0 Å². The van der Waals surface area contributed by atoms with Crippen molar-refractivity contribution in [3.8, 4) is 0 Å². The van der Waals surface area contributed by atoms with Crippen LogP contribution in [0, 0.1) is 5.92 Å². The zero-order valence-electron chi connectivity index (χ0n) is 14.8. The molecule has 0 amide bonds. The Kier molecular flexibility index (Phi) is 4.27. The van der Waals surface area contributed by atoms with E-state index in [1.54, 1.807) is 7.05 Å². The molecule has 7 heteroatoms. The lowest BCUT2D eigenvalue weighted by Gasteiger charge is -2.29. The van der Waals surface area contributed by atoms with Crippen molar-refractivity contribution >= 4 is 17.1 Å². The van der Waals surface area contributed by atoms with Crippen molar-refractivity contribution < 1.29 is 5.11 Å². The molecule has 0 unspecified atom stereocenters. The molecule has 0 spiro atoms. The lowest BCUT2D eigenvalue weighted by atomic mass is 9.99. The number of imidazole rings is 1. The first-order valence-electron chi connectivity index (χ1n) is 9.45. The second kappa shape index (κ2) is 6.44. The average Bonchev–Trinajstić information content (AvgIpc) is 3.34. The number of aromatic nitrogens is 4. The van der Waals surface area contributed by atoms with Crippen LogP contribution in [-0.2, 0) is 13.5 Å². The van der Waals surface area contributed by atoms with Gasteiger partial charge in [0.15, 0.2) is 11.2 Å². The molecule has 0 aliphatic heterocycles. The Labute approximate surface area is 146 Å². The van der Waals surface area contributed by atoms with Crippen LogP contribution in [0.5, 0.6) is 0 Å². The maximum Gasteiger partial charge on any atom is 0.280 e. The van der Waals surface area contributed by atoms with Gasteiger partial charge in [0.25, 0.3) is 5.56 Å². The largest absolute Gasteiger partial charge is 0.394 e. The van der Waals surface area contributed by atoms with Gasteiger partial charge in [-0.1, -0.05) is 38.5 Å². The maximum absolute atomic E-state index is 12.7. The molecule has 136 valence electrons. The Morgan fingerprint density at radius 1 is 1.24 bits per heavy atom. The molecule has 2 saturated carbocycles. The van der Waals surface area contributed by atoms with Gasteiger partial charge in [-0.05, 0) is 18.8 Å². The monoisotopic (exact) mass is 345 g/mol. The number of hydrogen-bond donors (Lipinski definition) is 3. The van der Waals surface area contributed by atoms with Gasteiger partial charge in [0.05, 0.1) is 12.1 Å². The molecule has 0 atom stereocenters. The highest BCUT2D eigenvalue weighted by Gasteiger charge is 2.34. The van der Waals surface area contributed by atoms with Crippen molar-refractivity contribution in [2.75, 3.05) is 11.9 Å². The standard InChI is InChI=1S/C18H27N5O2/c1-23-16(25)14-15(20-13(19-14)10-12-6-2-3-7-12)21-17(23)22-18(11-24)8-4-5-9-18/h12,24H,2-11H2,1H3,(H,19,20)(H,21,22). The normalized spacial score (nSPS) is 20.6. The van der Waals surface area contributed by atoms with E-state index in [0.717, 1.165) is 37.9 Å². The van der Waals surface area contributed by atoms with E-state index in [9.17, 15) is 9.90 Å². The Bertz CT molecular complexity index is 813. The number of aliphatic hydroxyl groups is 1. The summed E-state index contributed by atoms with van der Waals surface area (Å²) in [5, 5.41) is 13.2. The van der Waals surface area contributed by atoms with Crippen molar-refractivity contribution in [2.45, 2.75) is 63.3 Å². The van der Waals surface area contributed by atoms with Crippen molar-refractivity contribution in [1.82, 2.24) is 19.5 Å². The lowest BCUT2D eigenvalue weighted by molar-refractivity contribution is 0.213. The summed E-state index contributed by atoms with van der Waals surface area (Å²) < 4.78 is 1.52. The minimum Gasteiger partial charge on any atom is -0.394 e. The zero-order chi connectivity index (χ0) is 17.4. The number of anilines is 1. The van der Waals surface area contributed by atoms with Gasteiger partial charge in [0.1, 0.15) is 5.82 Å². The molecule has 2 aromatic rings. The highest BCUT2D eigenvalue weighted by molar-refractivity contribution is 5.71. The predicted octanol–water partition coefficient (Wildman–Crippen LogP) is 2.11. The van der Waals surface area contributed by atoms with E-state index in [-0.39, 0.29) is 17.7 Å². The van der Waals surface area contributed by atoms with Crippen LogP contribution in [0.15, 0.2) is 4.79 Å². The SMILES string of the molecule is Cn1c(NC2(CO)CCCC2)nc2nc(CC3CCCC3)[nH]c2c1=O. The van der Waals surface area contributed by atoms with E-state index in [1.807, 2.05) is 0 Å². The molecule has 25 heavy (non-hydrogen) atoms. The fourth-order valence-corrected chi connectivity index (χ4v) is 4.39. The molecule has 0 saturated heterocycles. The second-order valence-electron chi connectivity index (χ2n) is 7.81. The predicted molar refractivity (Wildman–Crippen MR) is 96.7 cm³/mol. The summed E-state index contributed by atoms with van der Waals surface area (Å²) in [6.07, 6.45) is 9.92. The summed E-state index contributed by atoms with van der Waals surface area (Å²) in [6, 6.07) is 0. The molecule has 7 nitrogen and oxygen atoms in total. The average molecular weight is 345 g/mol. The summed E-state index contributed by atoms with van der Waals surface area (Å²) in [6.45, 7) is 0.0500. The summed E-state index contributed by atoms with van der Waals surface area (Å²) in [5.41, 5.74) is 0.465. The van der Waals surface area contributed by atoms with E-state index < -0.39 is 0 Å².